The van der Waals surface area contributed by atoms with Gasteiger partial charge in [0.1, 0.15) is 0 Å². The van der Waals surface area contributed by atoms with Gasteiger partial charge >= 0.3 is 11.9 Å². The summed E-state index contributed by atoms with van der Waals surface area (Å²) in [6.45, 7) is 5.25. The average molecular weight is 300 g/mol. The molecule has 1 heterocycles. The van der Waals surface area contributed by atoms with E-state index >= 15 is 0 Å². The number of halogens is 1. The van der Waals surface area contributed by atoms with Gasteiger partial charge in [0.25, 0.3) is 0 Å². The van der Waals surface area contributed by atoms with Crippen molar-refractivity contribution in [2.24, 2.45) is 5.41 Å². The van der Waals surface area contributed by atoms with Crippen molar-refractivity contribution in [3.05, 3.63) is 29.0 Å². The normalized spacial score (nSPS) is 11.0. The summed E-state index contributed by atoms with van der Waals surface area (Å²) in [5.41, 5.74) is -0.776. The summed E-state index contributed by atoms with van der Waals surface area (Å²) in [5, 5.41) is 0.396. The zero-order chi connectivity index (χ0) is 15.2. The van der Waals surface area contributed by atoms with E-state index in [9.17, 15) is 9.59 Å². The number of nitrogens with zero attached hydrogens (tertiary/aromatic N) is 1. The Balaban J connectivity index is 3.08. The van der Waals surface area contributed by atoms with Gasteiger partial charge in [0.2, 0.25) is 0 Å². The molecule has 1 aromatic heterocycles. The third-order valence-electron chi connectivity index (χ3n) is 2.85. The molecule has 6 heteroatoms. The number of rotatable bonds is 6. The van der Waals surface area contributed by atoms with E-state index in [4.69, 9.17) is 21.1 Å². The molecule has 0 saturated heterocycles. The van der Waals surface area contributed by atoms with Crippen LogP contribution in [0.1, 0.15) is 26.3 Å². The van der Waals surface area contributed by atoms with Crippen molar-refractivity contribution in [1.82, 2.24) is 4.98 Å². The summed E-state index contributed by atoms with van der Waals surface area (Å²) in [6, 6.07) is 1.67. The van der Waals surface area contributed by atoms with Crippen LogP contribution >= 0.6 is 11.6 Å². The standard InChI is InChI=1S/C14H18ClNO4/c1-4-19-12(17)14(3,13(18)20-5-2)8-10-6-7-16-9-11(10)15/h6-7,9H,4-5,8H2,1-3H3. The molecule has 20 heavy (non-hydrogen) atoms. The second-order valence-corrected chi connectivity index (χ2v) is 4.82. The Hall–Kier alpha value is -1.62. The predicted octanol–water partition coefficient (Wildman–Crippen LogP) is 2.41. The second-order valence-electron chi connectivity index (χ2n) is 4.42. The summed E-state index contributed by atoms with van der Waals surface area (Å²) in [5.74, 6) is -1.24. The molecule has 110 valence electrons. The highest BCUT2D eigenvalue weighted by Gasteiger charge is 2.44. The maximum absolute atomic E-state index is 12.1. The smallest absolute Gasteiger partial charge is 0.323 e. The van der Waals surface area contributed by atoms with E-state index in [0.717, 1.165) is 0 Å². The molecule has 0 spiro atoms. The minimum absolute atomic E-state index is 0.103. The highest BCUT2D eigenvalue weighted by Crippen LogP contribution is 2.29. The Morgan fingerprint density at radius 2 is 1.80 bits per heavy atom. The average Bonchev–Trinajstić information content (AvgIpc) is 2.41. The topological polar surface area (TPSA) is 65.5 Å². The molecule has 0 radical (unpaired) electrons. The van der Waals surface area contributed by atoms with Gasteiger partial charge in [-0.25, -0.2) is 0 Å². The maximum Gasteiger partial charge on any atom is 0.323 e. The van der Waals surface area contributed by atoms with Crippen LogP contribution in [-0.2, 0) is 25.5 Å². The van der Waals surface area contributed by atoms with Crippen LogP contribution in [0.2, 0.25) is 5.02 Å². The van der Waals surface area contributed by atoms with Crippen molar-refractivity contribution in [2.45, 2.75) is 27.2 Å². The minimum atomic E-state index is -1.42. The zero-order valence-corrected chi connectivity index (χ0v) is 12.6. The van der Waals surface area contributed by atoms with E-state index in [1.54, 1.807) is 26.1 Å². The maximum atomic E-state index is 12.1. The fourth-order valence-electron chi connectivity index (χ4n) is 1.74. The first-order chi connectivity index (χ1) is 9.45. The van der Waals surface area contributed by atoms with E-state index < -0.39 is 17.4 Å². The predicted molar refractivity (Wildman–Crippen MR) is 74.3 cm³/mol. The highest BCUT2D eigenvalue weighted by atomic mass is 35.5. The first-order valence-electron chi connectivity index (χ1n) is 6.38. The number of aromatic nitrogens is 1. The lowest BCUT2D eigenvalue weighted by molar-refractivity contribution is -0.170. The molecule has 0 unspecified atom stereocenters. The van der Waals surface area contributed by atoms with E-state index in [-0.39, 0.29) is 19.6 Å². The van der Waals surface area contributed by atoms with Crippen LogP contribution in [0.4, 0.5) is 0 Å². The third-order valence-corrected chi connectivity index (χ3v) is 3.19. The van der Waals surface area contributed by atoms with Gasteiger partial charge < -0.3 is 9.47 Å². The number of carbonyl (C=O) groups is 2. The van der Waals surface area contributed by atoms with Gasteiger partial charge in [-0.15, -0.1) is 0 Å². The summed E-state index contributed by atoms with van der Waals surface area (Å²) in [4.78, 5) is 28.1. The van der Waals surface area contributed by atoms with Gasteiger partial charge in [-0.05, 0) is 32.4 Å². The lowest BCUT2D eigenvalue weighted by Crippen LogP contribution is -2.41. The van der Waals surface area contributed by atoms with E-state index in [2.05, 4.69) is 4.98 Å². The van der Waals surface area contributed by atoms with Crippen molar-refractivity contribution < 1.29 is 19.1 Å². The highest BCUT2D eigenvalue weighted by molar-refractivity contribution is 6.31. The van der Waals surface area contributed by atoms with Crippen molar-refractivity contribution in [1.29, 1.82) is 0 Å². The number of esters is 2. The third kappa shape index (κ3) is 3.70. The van der Waals surface area contributed by atoms with Crippen LogP contribution in [0.3, 0.4) is 0 Å². The first-order valence-corrected chi connectivity index (χ1v) is 6.76. The molecular weight excluding hydrogens is 282 g/mol. The van der Waals surface area contributed by atoms with Gasteiger partial charge in [0, 0.05) is 18.8 Å². The molecule has 1 aromatic rings. The largest absolute Gasteiger partial charge is 0.465 e. The Morgan fingerprint density at radius 1 is 1.25 bits per heavy atom. The fourth-order valence-corrected chi connectivity index (χ4v) is 1.92. The molecule has 0 aliphatic heterocycles. The number of ether oxygens (including phenoxy) is 2. The van der Waals surface area contributed by atoms with Gasteiger partial charge in [-0.3, -0.25) is 14.6 Å². The van der Waals surface area contributed by atoms with Crippen molar-refractivity contribution in [3.8, 4) is 0 Å². The Morgan fingerprint density at radius 3 is 2.25 bits per heavy atom. The monoisotopic (exact) mass is 299 g/mol. The molecule has 0 saturated carbocycles. The summed E-state index contributed by atoms with van der Waals surface area (Å²) >= 11 is 6.03. The first kappa shape index (κ1) is 16.4. The molecule has 1 rings (SSSR count). The Kier molecular flexibility index (Phi) is 5.95. The molecule has 5 nitrogen and oxygen atoms in total. The number of pyridine rings is 1. The lowest BCUT2D eigenvalue weighted by atomic mass is 9.83. The molecule has 0 aliphatic carbocycles. The Bertz CT molecular complexity index is 472. The second kappa shape index (κ2) is 7.24. The van der Waals surface area contributed by atoms with Crippen LogP contribution in [-0.4, -0.2) is 30.1 Å². The molecule has 0 aromatic carbocycles. The number of hydrogen-bond donors (Lipinski definition) is 0. The van der Waals surface area contributed by atoms with Crippen molar-refractivity contribution >= 4 is 23.5 Å². The molecule has 0 fully saturated rings. The van der Waals surface area contributed by atoms with Crippen LogP contribution in [0.25, 0.3) is 0 Å². The zero-order valence-electron chi connectivity index (χ0n) is 11.8. The van der Waals surface area contributed by atoms with Gasteiger partial charge in [-0.2, -0.15) is 0 Å². The number of carbonyl (C=O) groups excluding carboxylic acids is 2. The molecule has 0 amide bonds. The molecule has 0 atom stereocenters. The van der Waals surface area contributed by atoms with Crippen molar-refractivity contribution in [2.75, 3.05) is 13.2 Å². The van der Waals surface area contributed by atoms with Crippen LogP contribution < -0.4 is 0 Å². The molecule has 0 N–H and O–H groups in total. The van der Waals surface area contributed by atoms with Gasteiger partial charge in [0.15, 0.2) is 5.41 Å². The van der Waals surface area contributed by atoms with Gasteiger partial charge in [-0.1, -0.05) is 11.6 Å². The molecule has 0 aliphatic rings. The minimum Gasteiger partial charge on any atom is -0.465 e. The molecular formula is C14H18ClNO4. The summed E-state index contributed by atoms with van der Waals surface area (Å²) in [6.07, 6.45) is 3.12. The number of hydrogen-bond acceptors (Lipinski definition) is 5. The summed E-state index contributed by atoms with van der Waals surface area (Å²) in [7, 11) is 0. The van der Waals surface area contributed by atoms with E-state index in [0.29, 0.717) is 10.6 Å². The van der Waals surface area contributed by atoms with Crippen LogP contribution in [0, 0.1) is 5.41 Å². The molecule has 0 bridgehead atoms. The van der Waals surface area contributed by atoms with Crippen LogP contribution in [0.15, 0.2) is 18.5 Å². The SMILES string of the molecule is CCOC(=O)C(C)(Cc1ccncc1Cl)C(=O)OCC. The van der Waals surface area contributed by atoms with E-state index in [1.807, 2.05) is 0 Å². The van der Waals surface area contributed by atoms with Crippen molar-refractivity contribution in [3.63, 3.8) is 0 Å². The van der Waals surface area contributed by atoms with E-state index in [1.165, 1.54) is 13.1 Å². The fraction of sp³-hybridized carbons (Fsp3) is 0.500. The van der Waals surface area contributed by atoms with Gasteiger partial charge in [0.05, 0.1) is 18.2 Å². The lowest BCUT2D eigenvalue weighted by Gasteiger charge is -2.25. The van der Waals surface area contributed by atoms with Crippen LogP contribution in [0.5, 0.6) is 0 Å². The Labute approximate surface area is 123 Å². The quantitative estimate of drug-likeness (QED) is 0.596. The summed E-state index contributed by atoms with van der Waals surface area (Å²) < 4.78 is 9.98.